The van der Waals surface area contributed by atoms with E-state index in [1.165, 1.54) is 6.33 Å². The zero-order chi connectivity index (χ0) is 12.5. The lowest BCUT2D eigenvalue weighted by Crippen LogP contribution is -1.99. The minimum Gasteiger partial charge on any atom is -0.437 e. The molecule has 0 amide bonds. The molecule has 6 heteroatoms. The quantitative estimate of drug-likeness (QED) is 0.716. The Morgan fingerprint density at radius 3 is 2.89 bits per heavy atom. The van der Waals surface area contributed by atoms with E-state index in [0.717, 1.165) is 11.3 Å². The van der Waals surface area contributed by atoms with Crippen molar-refractivity contribution in [1.29, 1.82) is 0 Å². The highest BCUT2D eigenvalue weighted by Crippen LogP contribution is 2.27. The molecule has 0 radical (unpaired) electrons. The molecule has 0 aliphatic heterocycles. The van der Waals surface area contributed by atoms with E-state index in [9.17, 15) is 0 Å². The van der Waals surface area contributed by atoms with Crippen LogP contribution in [0.25, 0.3) is 11.2 Å². The van der Waals surface area contributed by atoms with Gasteiger partial charge in [0.2, 0.25) is 5.95 Å². The van der Waals surface area contributed by atoms with Crippen LogP contribution in [-0.4, -0.2) is 19.9 Å². The number of nitrogen functional groups attached to an aromatic ring is 1. The first-order chi connectivity index (χ1) is 8.74. The van der Waals surface area contributed by atoms with Crippen LogP contribution < -0.4 is 10.5 Å². The van der Waals surface area contributed by atoms with Crippen LogP contribution in [0.2, 0.25) is 0 Å². The number of nitrogens with one attached hydrogen (secondary N) is 1. The maximum absolute atomic E-state index is 5.76. The Morgan fingerprint density at radius 2 is 2.06 bits per heavy atom. The predicted molar refractivity (Wildman–Crippen MR) is 67.3 cm³/mol. The highest BCUT2D eigenvalue weighted by molar-refractivity contribution is 5.77. The van der Waals surface area contributed by atoms with Crippen LogP contribution in [-0.2, 0) is 0 Å². The van der Waals surface area contributed by atoms with Crippen molar-refractivity contribution in [2.45, 2.75) is 6.92 Å². The molecule has 3 rings (SSSR count). The van der Waals surface area contributed by atoms with E-state index < -0.39 is 0 Å². The lowest BCUT2D eigenvalue weighted by atomic mass is 10.2. The fourth-order valence-electron chi connectivity index (χ4n) is 1.67. The van der Waals surface area contributed by atoms with Crippen LogP contribution in [0.4, 0.5) is 5.95 Å². The Balaban J connectivity index is 2.10. The molecule has 2 aromatic heterocycles. The van der Waals surface area contributed by atoms with Crippen LogP contribution in [0.1, 0.15) is 5.56 Å². The van der Waals surface area contributed by atoms with Gasteiger partial charge >= 0.3 is 0 Å². The normalized spacial score (nSPS) is 10.7. The molecule has 0 aliphatic carbocycles. The van der Waals surface area contributed by atoms with E-state index in [1.807, 2.05) is 31.2 Å². The lowest BCUT2D eigenvalue weighted by Gasteiger charge is -2.08. The van der Waals surface area contributed by atoms with Crippen molar-refractivity contribution in [3.05, 3.63) is 36.2 Å². The summed E-state index contributed by atoms with van der Waals surface area (Å²) >= 11 is 0. The van der Waals surface area contributed by atoms with E-state index in [-0.39, 0.29) is 5.95 Å². The monoisotopic (exact) mass is 241 g/mol. The van der Waals surface area contributed by atoms with E-state index in [0.29, 0.717) is 17.0 Å². The number of fused-ring (bicyclic) bond motifs is 1. The van der Waals surface area contributed by atoms with Gasteiger partial charge in [0.05, 0.1) is 6.33 Å². The molecule has 0 spiro atoms. The van der Waals surface area contributed by atoms with Crippen molar-refractivity contribution in [3.63, 3.8) is 0 Å². The fourth-order valence-corrected chi connectivity index (χ4v) is 1.67. The second-order valence-corrected chi connectivity index (χ2v) is 3.86. The number of imidazole rings is 1. The van der Waals surface area contributed by atoms with Gasteiger partial charge in [0, 0.05) is 0 Å². The number of aromatic nitrogens is 4. The maximum atomic E-state index is 5.76. The van der Waals surface area contributed by atoms with Crippen molar-refractivity contribution < 1.29 is 4.74 Å². The Hall–Kier alpha value is -2.63. The van der Waals surface area contributed by atoms with Gasteiger partial charge in [-0.15, -0.1) is 0 Å². The summed E-state index contributed by atoms with van der Waals surface area (Å²) in [4.78, 5) is 15.1. The van der Waals surface area contributed by atoms with Crippen molar-refractivity contribution in [1.82, 2.24) is 19.9 Å². The van der Waals surface area contributed by atoms with Gasteiger partial charge in [0.1, 0.15) is 11.3 Å². The van der Waals surface area contributed by atoms with Crippen LogP contribution in [0, 0.1) is 6.92 Å². The Labute approximate surface area is 103 Å². The summed E-state index contributed by atoms with van der Waals surface area (Å²) < 4.78 is 5.76. The standard InChI is InChI=1S/C12H11N5O/c1-7-4-2-3-5-8(7)18-11-9-10(15-6-14-9)16-12(13)17-11/h2-6H,1H3,(H3,13,14,15,16,17). The zero-order valence-corrected chi connectivity index (χ0v) is 9.71. The smallest absolute Gasteiger partial charge is 0.250 e. The zero-order valence-electron chi connectivity index (χ0n) is 9.71. The highest BCUT2D eigenvalue weighted by atomic mass is 16.5. The molecule has 0 unspecified atom stereocenters. The number of ether oxygens (including phenoxy) is 1. The van der Waals surface area contributed by atoms with E-state index >= 15 is 0 Å². The highest BCUT2D eigenvalue weighted by Gasteiger charge is 2.11. The van der Waals surface area contributed by atoms with Crippen LogP contribution in [0.5, 0.6) is 11.6 Å². The van der Waals surface area contributed by atoms with Crippen molar-refractivity contribution in [2.24, 2.45) is 0 Å². The third-order valence-electron chi connectivity index (χ3n) is 2.57. The molecular weight excluding hydrogens is 230 g/mol. The van der Waals surface area contributed by atoms with Gasteiger partial charge in [-0.05, 0) is 18.6 Å². The molecule has 3 aromatic rings. The fraction of sp³-hybridized carbons (Fsp3) is 0.0833. The summed E-state index contributed by atoms with van der Waals surface area (Å²) in [5.41, 5.74) is 7.76. The number of aromatic amines is 1. The van der Waals surface area contributed by atoms with Crippen molar-refractivity contribution in [3.8, 4) is 11.6 Å². The minimum absolute atomic E-state index is 0.137. The number of benzene rings is 1. The van der Waals surface area contributed by atoms with Gasteiger partial charge < -0.3 is 15.5 Å². The summed E-state index contributed by atoms with van der Waals surface area (Å²) in [5.74, 6) is 1.24. The average molecular weight is 241 g/mol. The molecule has 0 aliphatic rings. The number of hydrogen-bond acceptors (Lipinski definition) is 5. The molecule has 1 aromatic carbocycles. The Morgan fingerprint density at radius 1 is 1.22 bits per heavy atom. The summed E-state index contributed by atoms with van der Waals surface area (Å²) in [5, 5.41) is 0. The molecule has 0 bridgehead atoms. The summed E-state index contributed by atoms with van der Waals surface area (Å²) in [6, 6.07) is 7.68. The molecule has 6 nitrogen and oxygen atoms in total. The molecule has 2 heterocycles. The SMILES string of the molecule is Cc1ccccc1Oc1nc(N)nc2nc[nH]c12. The number of aryl methyl sites for hydroxylation is 1. The summed E-state index contributed by atoms with van der Waals surface area (Å²) in [6.45, 7) is 1.96. The molecular formula is C12H11N5O. The maximum Gasteiger partial charge on any atom is 0.250 e. The Bertz CT molecular complexity index is 707. The number of H-pyrrole nitrogens is 1. The first kappa shape index (κ1) is 10.5. The van der Waals surface area contributed by atoms with Crippen LogP contribution >= 0.6 is 0 Å². The lowest BCUT2D eigenvalue weighted by molar-refractivity contribution is 0.464. The molecule has 0 saturated carbocycles. The number of rotatable bonds is 2. The Kier molecular flexibility index (Phi) is 2.33. The summed E-state index contributed by atoms with van der Waals surface area (Å²) in [7, 11) is 0. The second kappa shape index (κ2) is 3.99. The van der Waals surface area contributed by atoms with E-state index in [4.69, 9.17) is 10.5 Å². The first-order valence-corrected chi connectivity index (χ1v) is 5.44. The molecule has 0 fully saturated rings. The topological polar surface area (TPSA) is 89.7 Å². The second-order valence-electron chi connectivity index (χ2n) is 3.86. The minimum atomic E-state index is 0.137. The van der Waals surface area contributed by atoms with Gasteiger partial charge in [0.25, 0.3) is 5.88 Å². The van der Waals surface area contributed by atoms with Gasteiger partial charge in [0.15, 0.2) is 5.65 Å². The molecule has 18 heavy (non-hydrogen) atoms. The third-order valence-corrected chi connectivity index (χ3v) is 2.57. The number of hydrogen-bond donors (Lipinski definition) is 2. The van der Waals surface area contributed by atoms with Crippen LogP contribution in [0.3, 0.4) is 0 Å². The molecule has 0 atom stereocenters. The molecule has 90 valence electrons. The molecule has 0 saturated heterocycles. The van der Waals surface area contributed by atoms with Crippen LogP contribution in [0.15, 0.2) is 30.6 Å². The van der Waals surface area contributed by atoms with Gasteiger partial charge in [-0.2, -0.15) is 9.97 Å². The largest absolute Gasteiger partial charge is 0.437 e. The van der Waals surface area contributed by atoms with Crippen molar-refractivity contribution >= 4 is 17.1 Å². The average Bonchev–Trinajstić information content (AvgIpc) is 2.80. The first-order valence-electron chi connectivity index (χ1n) is 5.44. The van der Waals surface area contributed by atoms with E-state index in [2.05, 4.69) is 19.9 Å². The number of anilines is 1. The predicted octanol–water partition coefficient (Wildman–Crippen LogP) is 2.04. The van der Waals surface area contributed by atoms with E-state index in [1.54, 1.807) is 0 Å². The number of nitrogens with two attached hydrogens (primary N) is 1. The van der Waals surface area contributed by atoms with Gasteiger partial charge in [-0.25, -0.2) is 4.98 Å². The van der Waals surface area contributed by atoms with Gasteiger partial charge in [-0.1, -0.05) is 18.2 Å². The molecule has 3 N–H and O–H groups in total. The van der Waals surface area contributed by atoms with Gasteiger partial charge in [-0.3, -0.25) is 0 Å². The third kappa shape index (κ3) is 1.73. The summed E-state index contributed by atoms with van der Waals surface area (Å²) in [6.07, 6.45) is 1.53. The number of nitrogens with zero attached hydrogens (tertiary/aromatic N) is 3. The number of para-hydroxylation sites is 1. The van der Waals surface area contributed by atoms with Crippen molar-refractivity contribution in [2.75, 3.05) is 5.73 Å².